The van der Waals surface area contributed by atoms with Crippen molar-refractivity contribution in [2.45, 2.75) is 33.3 Å². The van der Waals surface area contributed by atoms with E-state index in [-0.39, 0.29) is 18.2 Å². The number of alkyl halides is 3. The SMILES string of the molecule is Cc1ccc(CN2CC3C(C2)C3CN(Cc2cccc(OC(F)(F)F)c2)C(=O)Oc2cscn2)c(C)c1. The molecule has 2 aromatic carbocycles. The minimum Gasteiger partial charge on any atom is -0.406 e. The van der Waals surface area contributed by atoms with Crippen LogP contribution in [-0.4, -0.2) is 46.9 Å². The lowest BCUT2D eigenvalue weighted by Gasteiger charge is -2.25. The third-order valence-electron chi connectivity index (χ3n) is 7.14. The number of hydrogen-bond acceptors (Lipinski definition) is 6. The van der Waals surface area contributed by atoms with Crippen LogP contribution in [-0.2, 0) is 13.1 Å². The van der Waals surface area contributed by atoms with Crippen molar-refractivity contribution in [3.05, 3.63) is 75.6 Å². The molecule has 5 rings (SSSR count). The average molecular weight is 532 g/mol. The van der Waals surface area contributed by atoms with Gasteiger partial charge in [0.15, 0.2) is 0 Å². The van der Waals surface area contributed by atoms with E-state index >= 15 is 0 Å². The monoisotopic (exact) mass is 531 g/mol. The summed E-state index contributed by atoms with van der Waals surface area (Å²) in [5.41, 5.74) is 5.98. The summed E-state index contributed by atoms with van der Waals surface area (Å²) in [6, 6.07) is 12.2. The number of rotatable bonds is 8. The molecule has 0 N–H and O–H groups in total. The summed E-state index contributed by atoms with van der Waals surface area (Å²) < 4.78 is 47.5. The van der Waals surface area contributed by atoms with Gasteiger partial charge >= 0.3 is 12.5 Å². The van der Waals surface area contributed by atoms with Crippen LogP contribution in [0.2, 0.25) is 0 Å². The standard InChI is InChI=1S/C27H28F3N3O3S/c1-17-6-7-20(18(2)8-17)11-32-12-22-23(13-32)24(22)14-33(26(34)35-25-15-37-16-31-25)10-19-4-3-5-21(9-19)36-27(28,29)30/h3-9,15-16,22-24H,10-14H2,1-2H3. The number of ether oxygens (including phenoxy) is 2. The average Bonchev–Trinajstić information content (AvgIpc) is 3.19. The highest BCUT2D eigenvalue weighted by molar-refractivity contribution is 7.07. The second kappa shape index (κ2) is 10.3. The van der Waals surface area contributed by atoms with Gasteiger partial charge < -0.3 is 14.4 Å². The highest BCUT2D eigenvalue weighted by Crippen LogP contribution is 2.52. The van der Waals surface area contributed by atoms with Crippen LogP contribution in [0.25, 0.3) is 0 Å². The molecule has 2 unspecified atom stereocenters. The van der Waals surface area contributed by atoms with E-state index in [1.54, 1.807) is 21.9 Å². The maximum Gasteiger partial charge on any atom is 0.573 e. The van der Waals surface area contributed by atoms with Crippen LogP contribution in [0, 0.1) is 31.6 Å². The highest BCUT2D eigenvalue weighted by Gasteiger charge is 2.56. The lowest BCUT2D eigenvalue weighted by molar-refractivity contribution is -0.274. The Kier molecular flexibility index (Phi) is 7.13. The number of carbonyl (C=O) groups is 1. The Morgan fingerprint density at radius 2 is 1.95 bits per heavy atom. The Morgan fingerprint density at radius 3 is 2.62 bits per heavy atom. The van der Waals surface area contributed by atoms with Gasteiger partial charge in [0, 0.05) is 32.7 Å². The topological polar surface area (TPSA) is 54.9 Å². The van der Waals surface area contributed by atoms with E-state index in [1.165, 1.54) is 46.2 Å². The molecule has 10 heteroatoms. The minimum atomic E-state index is -4.78. The maximum absolute atomic E-state index is 13.0. The molecule has 0 bridgehead atoms. The number of aryl methyl sites for hydroxylation is 2. The van der Waals surface area contributed by atoms with Gasteiger partial charge in [-0.05, 0) is 60.4 Å². The molecule has 196 valence electrons. The number of thiazole rings is 1. The largest absolute Gasteiger partial charge is 0.573 e. The second-order valence-electron chi connectivity index (χ2n) is 9.89. The summed E-state index contributed by atoms with van der Waals surface area (Å²) in [6.45, 7) is 7.66. The van der Waals surface area contributed by atoms with Crippen molar-refractivity contribution in [2.75, 3.05) is 19.6 Å². The summed E-state index contributed by atoms with van der Waals surface area (Å²) in [5, 5.41) is 1.63. The molecular formula is C27H28F3N3O3S. The van der Waals surface area contributed by atoms with Crippen LogP contribution < -0.4 is 9.47 Å². The second-order valence-corrected chi connectivity index (χ2v) is 10.6. The van der Waals surface area contributed by atoms with E-state index in [9.17, 15) is 18.0 Å². The first kappa shape index (κ1) is 25.5. The number of fused-ring (bicyclic) bond motifs is 1. The molecule has 6 nitrogen and oxygen atoms in total. The van der Waals surface area contributed by atoms with Crippen LogP contribution in [0.15, 0.2) is 53.4 Å². The number of hydrogen-bond donors (Lipinski definition) is 0. The van der Waals surface area contributed by atoms with E-state index in [2.05, 4.69) is 46.7 Å². The Labute approximate surface area is 217 Å². The summed E-state index contributed by atoms with van der Waals surface area (Å²) in [4.78, 5) is 21.1. The van der Waals surface area contributed by atoms with Gasteiger partial charge in [-0.3, -0.25) is 4.90 Å². The molecule has 1 aromatic heterocycles. The Balaban J connectivity index is 1.23. The van der Waals surface area contributed by atoms with Crippen molar-refractivity contribution in [1.82, 2.24) is 14.8 Å². The summed E-state index contributed by atoms with van der Waals surface area (Å²) >= 11 is 1.31. The highest BCUT2D eigenvalue weighted by atomic mass is 32.1. The third kappa shape index (κ3) is 6.42. The van der Waals surface area contributed by atoms with Gasteiger partial charge in [0.05, 0.1) is 10.9 Å². The number of carbonyl (C=O) groups excluding carboxylic acids is 1. The fourth-order valence-electron chi connectivity index (χ4n) is 5.33. The van der Waals surface area contributed by atoms with Gasteiger partial charge in [-0.15, -0.1) is 24.5 Å². The zero-order chi connectivity index (χ0) is 26.2. The van der Waals surface area contributed by atoms with Crippen molar-refractivity contribution in [1.29, 1.82) is 0 Å². The van der Waals surface area contributed by atoms with Gasteiger partial charge in [0.25, 0.3) is 0 Å². The first-order valence-electron chi connectivity index (χ1n) is 12.1. The van der Waals surface area contributed by atoms with E-state index < -0.39 is 12.5 Å². The van der Waals surface area contributed by atoms with E-state index in [1.807, 2.05) is 0 Å². The minimum absolute atomic E-state index is 0.111. The van der Waals surface area contributed by atoms with Gasteiger partial charge in [0.2, 0.25) is 5.88 Å². The van der Waals surface area contributed by atoms with E-state index in [4.69, 9.17) is 4.74 Å². The molecule has 1 aliphatic carbocycles. The first-order chi connectivity index (χ1) is 17.6. The van der Waals surface area contributed by atoms with Crippen molar-refractivity contribution in [3.63, 3.8) is 0 Å². The number of nitrogens with zero attached hydrogens (tertiary/aromatic N) is 3. The smallest absolute Gasteiger partial charge is 0.406 e. The summed E-state index contributed by atoms with van der Waals surface area (Å²) in [6.07, 6.45) is -5.35. The van der Waals surface area contributed by atoms with Crippen molar-refractivity contribution in [2.24, 2.45) is 17.8 Å². The fraction of sp³-hybridized carbons (Fsp3) is 0.407. The normalized spacial score (nSPS) is 20.9. The Bertz CT molecular complexity index is 1240. The van der Waals surface area contributed by atoms with Crippen LogP contribution in [0.3, 0.4) is 0 Å². The number of piperidine rings is 1. The maximum atomic E-state index is 13.0. The molecule has 1 saturated carbocycles. The van der Waals surface area contributed by atoms with Crippen LogP contribution in [0.1, 0.15) is 22.3 Å². The Hall–Kier alpha value is -3.11. The Morgan fingerprint density at radius 1 is 1.16 bits per heavy atom. The third-order valence-corrected chi connectivity index (χ3v) is 7.70. The fourth-order valence-corrected chi connectivity index (χ4v) is 5.78. The van der Waals surface area contributed by atoms with Crippen LogP contribution in [0.4, 0.5) is 18.0 Å². The molecule has 0 spiro atoms. The van der Waals surface area contributed by atoms with Crippen LogP contribution in [0.5, 0.6) is 11.6 Å². The van der Waals surface area contributed by atoms with Crippen LogP contribution >= 0.6 is 11.3 Å². The number of aromatic nitrogens is 1. The number of likely N-dealkylation sites (tertiary alicyclic amines) is 1. The number of halogens is 3. The van der Waals surface area contributed by atoms with E-state index in [0.717, 1.165) is 19.6 Å². The molecule has 2 fully saturated rings. The molecule has 1 amide bonds. The van der Waals surface area contributed by atoms with Crippen molar-refractivity contribution < 1.29 is 27.4 Å². The zero-order valence-corrected chi connectivity index (χ0v) is 21.4. The lowest BCUT2D eigenvalue weighted by Crippen LogP contribution is -2.36. The molecule has 1 saturated heterocycles. The van der Waals surface area contributed by atoms with Crippen molar-refractivity contribution in [3.8, 4) is 11.6 Å². The first-order valence-corrected chi connectivity index (χ1v) is 13.1. The molecule has 3 aromatic rings. The molecular weight excluding hydrogens is 503 g/mol. The summed E-state index contributed by atoms with van der Waals surface area (Å²) in [5.74, 6) is 1.20. The molecule has 2 heterocycles. The quantitative estimate of drug-likeness (QED) is 0.355. The predicted octanol–water partition coefficient (Wildman–Crippen LogP) is 6.04. The number of amides is 1. The molecule has 0 radical (unpaired) electrons. The molecule has 1 aliphatic heterocycles. The lowest BCUT2D eigenvalue weighted by atomic mass is 10.1. The summed E-state index contributed by atoms with van der Waals surface area (Å²) in [7, 11) is 0. The molecule has 2 atom stereocenters. The number of benzene rings is 2. The van der Waals surface area contributed by atoms with E-state index in [0.29, 0.717) is 29.9 Å². The molecule has 37 heavy (non-hydrogen) atoms. The van der Waals surface area contributed by atoms with Gasteiger partial charge in [-0.25, -0.2) is 9.78 Å². The zero-order valence-electron chi connectivity index (χ0n) is 20.6. The van der Waals surface area contributed by atoms with Crippen molar-refractivity contribution >= 4 is 17.4 Å². The van der Waals surface area contributed by atoms with Gasteiger partial charge in [0.1, 0.15) is 5.75 Å². The predicted molar refractivity (Wildman–Crippen MR) is 133 cm³/mol. The molecule has 2 aliphatic rings. The van der Waals surface area contributed by atoms with Gasteiger partial charge in [-0.1, -0.05) is 35.9 Å². The van der Waals surface area contributed by atoms with Gasteiger partial charge in [-0.2, -0.15) is 0 Å².